The van der Waals surface area contributed by atoms with Gasteiger partial charge in [0.1, 0.15) is 6.04 Å². The summed E-state index contributed by atoms with van der Waals surface area (Å²) in [6.07, 6.45) is -0.351. The number of nitrogens with zero attached hydrogens (tertiary/aromatic N) is 2. The van der Waals surface area contributed by atoms with Gasteiger partial charge in [0.2, 0.25) is 12.3 Å². The Hall–Kier alpha value is -1.20. The van der Waals surface area contributed by atoms with Gasteiger partial charge in [-0.05, 0) is 37.0 Å². The molecule has 1 aromatic carbocycles. The van der Waals surface area contributed by atoms with Crippen LogP contribution in [0.5, 0.6) is 0 Å². The van der Waals surface area contributed by atoms with Crippen LogP contribution in [0.2, 0.25) is 0 Å². The van der Waals surface area contributed by atoms with E-state index in [0.29, 0.717) is 31.3 Å². The van der Waals surface area contributed by atoms with Crippen molar-refractivity contribution in [2.45, 2.75) is 36.8 Å². The average Bonchev–Trinajstić information content (AvgIpc) is 2.79. The number of halogens is 2. The fourth-order valence-corrected chi connectivity index (χ4v) is 6.17. The predicted molar refractivity (Wildman–Crippen MR) is 137 cm³/mol. The van der Waals surface area contributed by atoms with E-state index >= 15 is 0 Å². The van der Waals surface area contributed by atoms with Gasteiger partial charge in [0, 0.05) is 50.6 Å². The Labute approximate surface area is 219 Å². The molecule has 0 saturated heterocycles. The molecule has 2 amide bonds. The number of amides is 2. The largest absolute Gasteiger partial charge is 0.369 e. The number of rotatable bonds is 17. The molecule has 0 aliphatic heterocycles. The molecular formula is C20H33Cl2N3O9P2. The van der Waals surface area contributed by atoms with E-state index in [4.69, 9.17) is 23.2 Å². The first-order valence-electron chi connectivity index (χ1n) is 11.0. The van der Waals surface area contributed by atoms with Crippen LogP contribution in [-0.2, 0) is 25.1 Å². The molecule has 0 unspecified atom stereocenters. The second-order valence-electron chi connectivity index (χ2n) is 8.15. The van der Waals surface area contributed by atoms with Crippen molar-refractivity contribution in [1.82, 2.24) is 10.2 Å². The minimum absolute atomic E-state index is 0.0546. The molecule has 0 radical (unpaired) electrons. The molecular weight excluding hydrogens is 559 g/mol. The number of alkyl halides is 2. The fourth-order valence-electron chi connectivity index (χ4n) is 3.50. The molecule has 0 bridgehead atoms. The zero-order chi connectivity index (χ0) is 27.6. The third kappa shape index (κ3) is 9.28. The molecule has 0 aromatic heterocycles. The monoisotopic (exact) mass is 591 g/mol. The van der Waals surface area contributed by atoms with E-state index in [0.717, 1.165) is 11.3 Å². The number of carbonyl (C=O) groups is 2. The van der Waals surface area contributed by atoms with E-state index in [1.165, 1.54) is 11.9 Å². The van der Waals surface area contributed by atoms with Crippen molar-refractivity contribution >= 4 is 56.4 Å². The Bertz CT molecular complexity index is 915. The molecule has 12 nitrogen and oxygen atoms in total. The first kappa shape index (κ1) is 32.8. The molecule has 6 N–H and O–H groups in total. The van der Waals surface area contributed by atoms with Gasteiger partial charge in [-0.3, -0.25) is 18.7 Å². The number of benzene rings is 1. The van der Waals surface area contributed by atoms with Crippen LogP contribution in [0.15, 0.2) is 24.3 Å². The standard InChI is InChI=1S/C20H33Cl2N3O9P2/c1-24(11-3-2-8-20(28,35(29,30)31)36(32,33)34)19(27)18(23-15-26)14-16-4-6-17(7-5-16)25(12-9-21)13-10-22/h4-7,15,18,28H,2-3,8-14H2,1H3,(H,23,26)(H2,29,30,31)(H2,32,33,34)/t18-/m0/s1. The van der Waals surface area contributed by atoms with Gasteiger partial charge >= 0.3 is 15.2 Å². The van der Waals surface area contributed by atoms with Crippen LogP contribution in [0.4, 0.5) is 5.69 Å². The van der Waals surface area contributed by atoms with Crippen LogP contribution < -0.4 is 10.2 Å². The van der Waals surface area contributed by atoms with Gasteiger partial charge in [0.25, 0.3) is 5.08 Å². The summed E-state index contributed by atoms with van der Waals surface area (Å²) < 4.78 is 22.9. The number of carbonyl (C=O) groups excluding carboxylic acids is 2. The van der Waals surface area contributed by atoms with Crippen molar-refractivity contribution in [3.05, 3.63) is 29.8 Å². The van der Waals surface area contributed by atoms with Crippen LogP contribution in [0.1, 0.15) is 24.8 Å². The van der Waals surface area contributed by atoms with Crippen molar-refractivity contribution in [1.29, 1.82) is 0 Å². The Balaban J connectivity index is 2.77. The number of hydrogen-bond acceptors (Lipinski definition) is 6. The summed E-state index contributed by atoms with van der Waals surface area (Å²) in [6, 6.07) is 6.49. The van der Waals surface area contributed by atoms with E-state index < -0.39 is 38.6 Å². The number of aliphatic hydroxyl groups is 1. The molecule has 0 aliphatic rings. The van der Waals surface area contributed by atoms with Gasteiger partial charge in [0.05, 0.1) is 0 Å². The summed E-state index contributed by atoms with van der Waals surface area (Å²) in [6.45, 7) is 1.29. The molecule has 16 heteroatoms. The van der Waals surface area contributed by atoms with Crippen LogP contribution in [0.25, 0.3) is 0 Å². The predicted octanol–water partition coefficient (Wildman–Crippen LogP) is 1.26. The maximum absolute atomic E-state index is 12.9. The van der Waals surface area contributed by atoms with Gasteiger partial charge in [-0.2, -0.15) is 0 Å². The molecule has 0 saturated carbocycles. The van der Waals surface area contributed by atoms with E-state index in [1.54, 1.807) is 0 Å². The molecule has 36 heavy (non-hydrogen) atoms. The lowest BCUT2D eigenvalue weighted by Crippen LogP contribution is -2.46. The Morgan fingerprint density at radius 2 is 1.56 bits per heavy atom. The Kier molecular flexibility index (Phi) is 13.4. The summed E-state index contributed by atoms with van der Waals surface area (Å²) >= 11 is 11.7. The lowest BCUT2D eigenvalue weighted by atomic mass is 10.0. The highest BCUT2D eigenvalue weighted by molar-refractivity contribution is 7.72. The maximum atomic E-state index is 12.9. The van der Waals surface area contributed by atoms with Crippen LogP contribution in [-0.4, -0.2) is 91.5 Å². The summed E-state index contributed by atoms with van der Waals surface area (Å²) in [5.41, 5.74) is 1.69. The van der Waals surface area contributed by atoms with Gasteiger partial charge in [0.15, 0.2) is 0 Å². The molecule has 1 rings (SSSR count). The zero-order valence-corrected chi connectivity index (χ0v) is 23.0. The molecule has 0 aliphatic carbocycles. The summed E-state index contributed by atoms with van der Waals surface area (Å²) in [4.78, 5) is 64.0. The smallest absolute Gasteiger partial charge is 0.369 e. The highest BCUT2D eigenvalue weighted by Crippen LogP contribution is 2.69. The molecule has 1 aromatic rings. The maximum Gasteiger partial charge on any atom is 0.369 e. The van der Waals surface area contributed by atoms with Crippen molar-refractivity contribution in [2.24, 2.45) is 0 Å². The van der Waals surface area contributed by atoms with E-state index in [9.17, 15) is 43.4 Å². The highest BCUT2D eigenvalue weighted by atomic mass is 35.5. The van der Waals surface area contributed by atoms with Crippen LogP contribution in [0, 0.1) is 0 Å². The van der Waals surface area contributed by atoms with Crippen molar-refractivity contribution in [3.8, 4) is 0 Å². The van der Waals surface area contributed by atoms with Gasteiger partial charge in [-0.1, -0.05) is 12.1 Å². The minimum Gasteiger partial charge on any atom is -0.369 e. The SMILES string of the molecule is CN(CCCCC(O)(P(=O)(O)O)P(=O)(O)O)C(=O)[C@H](Cc1ccc(N(CCCl)CCCl)cc1)NC=O. The van der Waals surface area contributed by atoms with Gasteiger partial charge < -0.3 is 39.8 Å². The number of anilines is 1. The van der Waals surface area contributed by atoms with E-state index in [2.05, 4.69) is 5.32 Å². The molecule has 1 atom stereocenters. The van der Waals surface area contributed by atoms with Crippen LogP contribution in [0.3, 0.4) is 0 Å². The Morgan fingerprint density at radius 3 is 2.00 bits per heavy atom. The molecule has 0 spiro atoms. The number of likely N-dealkylation sites (N-methyl/N-ethyl adjacent to an activating group) is 1. The molecule has 0 heterocycles. The van der Waals surface area contributed by atoms with Gasteiger partial charge in [-0.25, -0.2) is 0 Å². The lowest BCUT2D eigenvalue weighted by Gasteiger charge is -2.29. The quantitative estimate of drug-likeness (QED) is 0.0665. The Morgan fingerprint density at radius 1 is 1.03 bits per heavy atom. The van der Waals surface area contributed by atoms with Crippen LogP contribution >= 0.6 is 38.4 Å². The topological polar surface area (TPSA) is 188 Å². The second kappa shape index (κ2) is 14.7. The normalized spacial score (nSPS) is 13.2. The summed E-state index contributed by atoms with van der Waals surface area (Å²) in [7, 11) is -9.60. The van der Waals surface area contributed by atoms with Crippen molar-refractivity contribution in [2.75, 3.05) is 43.3 Å². The molecule has 206 valence electrons. The third-order valence-corrected chi connectivity index (χ3v) is 9.80. The molecule has 0 fully saturated rings. The fraction of sp³-hybridized carbons (Fsp3) is 0.600. The summed E-state index contributed by atoms with van der Waals surface area (Å²) in [5, 5.41) is 8.92. The minimum atomic E-state index is -5.53. The first-order chi connectivity index (χ1) is 16.7. The van der Waals surface area contributed by atoms with Crippen molar-refractivity contribution in [3.63, 3.8) is 0 Å². The number of nitrogens with one attached hydrogen (secondary N) is 1. The first-order valence-corrected chi connectivity index (χ1v) is 15.2. The highest BCUT2D eigenvalue weighted by Gasteiger charge is 2.58. The number of hydrogen-bond donors (Lipinski definition) is 6. The zero-order valence-electron chi connectivity index (χ0n) is 19.7. The van der Waals surface area contributed by atoms with Gasteiger partial charge in [-0.15, -0.1) is 23.2 Å². The van der Waals surface area contributed by atoms with E-state index in [1.807, 2.05) is 29.2 Å². The van der Waals surface area contributed by atoms with Crippen molar-refractivity contribution < 1.29 is 43.4 Å². The second-order valence-corrected chi connectivity index (χ2v) is 12.9. The number of unbranched alkanes of at least 4 members (excludes halogenated alkanes) is 1. The average molecular weight is 592 g/mol. The lowest BCUT2D eigenvalue weighted by molar-refractivity contribution is -0.133. The van der Waals surface area contributed by atoms with E-state index in [-0.39, 0.29) is 25.8 Å². The summed E-state index contributed by atoms with van der Waals surface area (Å²) in [5.74, 6) is 0.433. The third-order valence-electron chi connectivity index (χ3n) is 5.58.